The Labute approximate surface area is 168 Å². The van der Waals surface area contributed by atoms with E-state index in [0.717, 1.165) is 36.3 Å². The third kappa shape index (κ3) is 3.53. The second kappa shape index (κ2) is 7.59. The van der Waals surface area contributed by atoms with Crippen LogP contribution in [0.5, 0.6) is 0 Å². The van der Waals surface area contributed by atoms with Crippen molar-refractivity contribution in [2.24, 2.45) is 0 Å². The molecule has 2 aromatic carbocycles. The Kier molecular flexibility index (Phi) is 5.15. The van der Waals surface area contributed by atoms with E-state index in [-0.39, 0.29) is 16.7 Å². The quantitative estimate of drug-likeness (QED) is 0.769. The number of rotatable bonds is 2. The molecular weight excluding hydrogens is 375 g/mol. The highest BCUT2D eigenvalue weighted by molar-refractivity contribution is 8.00. The molecule has 0 bridgehead atoms. The number of likely N-dealkylation sites (tertiary alicyclic amines) is 1. The summed E-state index contributed by atoms with van der Waals surface area (Å²) >= 11 is 1.82. The lowest BCUT2D eigenvalue weighted by Crippen LogP contribution is -2.53. The largest absolute Gasteiger partial charge is 0.338 e. The van der Waals surface area contributed by atoms with Crippen LogP contribution >= 0.6 is 11.8 Å². The van der Waals surface area contributed by atoms with Crippen molar-refractivity contribution in [1.29, 1.82) is 0 Å². The van der Waals surface area contributed by atoms with E-state index in [1.165, 1.54) is 12.1 Å². The highest BCUT2D eigenvalue weighted by Gasteiger charge is 2.47. The van der Waals surface area contributed by atoms with Crippen LogP contribution in [-0.2, 0) is 0 Å². The molecule has 2 heterocycles. The van der Waals surface area contributed by atoms with Crippen LogP contribution in [-0.4, -0.2) is 51.9 Å². The molecule has 2 fully saturated rings. The fourth-order valence-corrected chi connectivity index (χ4v) is 5.56. The van der Waals surface area contributed by atoms with Crippen molar-refractivity contribution >= 4 is 23.6 Å². The lowest BCUT2D eigenvalue weighted by atomic mass is 9.99. The zero-order valence-corrected chi connectivity index (χ0v) is 16.7. The number of aryl methyl sites for hydroxylation is 1. The van der Waals surface area contributed by atoms with Crippen LogP contribution in [0.3, 0.4) is 0 Å². The minimum Gasteiger partial charge on any atom is -0.338 e. The molecule has 6 heteroatoms. The fourth-order valence-electron chi connectivity index (χ4n) is 4.11. The summed E-state index contributed by atoms with van der Waals surface area (Å²) in [5.74, 6) is 0.434. The molecule has 0 atom stereocenters. The van der Waals surface area contributed by atoms with Crippen LogP contribution in [0.15, 0.2) is 48.5 Å². The zero-order chi connectivity index (χ0) is 19.7. The van der Waals surface area contributed by atoms with Crippen LogP contribution in [0.1, 0.15) is 39.1 Å². The summed E-state index contributed by atoms with van der Waals surface area (Å²) in [6.07, 6.45) is 1.46. The van der Waals surface area contributed by atoms with Crippen LogP contribution < -0.4 is 0 Å². The summed E-state index contributed by atoms with van der Waals surface area (Å²) < 4.78 is 13.4. The van der Waals surface area contributed by atoms with Gasteiger partial charge in [0.1, 0.15) is 5.82 Å². The lowest BCUT2D eigenvalue weighted by molar-refractivity contribution is 0.0497. The van der Waals surface area contributed by atoms with Gasteiger partial charge in [0.15, 0.2) is 0 Å². The summed E-state index contributed by atoms with van der Waals surface area (Å²) in [4.78, 5) is 29.4. The first-order chi connectivity index (χ1) is 13.5. The highest BCUT2D eigenvalue weighted by atomic mass is 32.2. The van der Waals surface area contributed by atoms with Crippen LogP contribution in [0.2, 0.25) is 0 Å². The predicted octanol–water partition coefficient (Wildman–Crippen LogP) is 3.96. The number of thioether (sulfide) groups is 1. The van der Waals surface area contributed by atoms with E-state index in [9.17, 15) is 14.0 Å². The first-order valence-corrected chi connectivity index (χ1v) is 10.5. The zero-order valence-electron chi connectivity index (χ0n) is 15.9. The summed E-state index contributed by atoms with van der Waals surface area (Å²) in [5, 5.41) is 0. The van der Waals surface area contributed by atoms with Gasteiger partial charge >= 0.3 is 0 Å². The molecule has 0 aliphatic carbocycles. The van der Waals surface area contributed by atoms with Crippen LogP contribution in [0.25, 0.3) is 0 Å². The molecule has 2 aliphatic rings. The second-order valence-corrected chi connectivity index (χ2v) is 8.88. The smallest absolute Gasteiger partial charge is 0.255 e. The standard InChI is InChI=1S/C22H23FN2O2S/c1-16-4-2-5-17(14-16)21(27)25-12-13-28-22(25)8-10-24(11-9-22)20(26)18-6-3-7-19(23)15-18/h2-7,14-15H,8-13H2,1H3. The number of hydrogen-bond donors (Lipinski definition) is 0. The molecule has 0 unspecified atom stereocenters. The van der Waals surface area contributed by atoms with E-state index in [1.807, 2.05) is 47.9 Å². The van der Waals surface area contributed by atoms with Gasteiger partial charge in [-0.3, -0.25) is 9.59 Å². The number of carbonyl (C=O) groups is 2. The monoisotopic (exact) mass is 398 g/mol. The predicted molar refractivity (Wildman–Crippen MR) is 109 cm³/mol. The molecule has 0 aromatic heterocycles. The maximum absolute atomic E-state index is 13.4. The van der Waals surface area contributed by atoms with Crippen molar-refractivity contribution in [2.45, 2.75) is 24.6 Å². The van der Waals surface area contributed by atoms with E-state index in [1.54, 1.807) is 17.0 Å². The number of carbonyl (C=O) groups excluding carboxylic acids is 2. The Morgan fingerprint density at radius 2 is 1.64 bits per heavy atom. The molecule has 4 rings (SSSR count). The molecule has 2 amide bonds. The molecular formula is C22H23FN2O2S. The summed E-state index contributed by atoms with van der Waals surface area (Å²) in [7, 11) is 0. The summed E-state index contributed by atoms with van der Waals surface area (Å²) in [5.41, 5.74) is 2.17. The van der Waals surface area contributed by atoms with Gasteiger partial charge in [-0.15, -0.1) is 11.8 Å². The minimum absolute atomic E-state index is 0.0682. The van der Waals surface area contributed by atoms with E-state index >= 15 is 0 Å². The van der Waals surface area contributed by atoms with Crippen LogP contribution in [0, 0.1) is 12.7 Å². The molecule has 2 aliphatic heterocycles. The van der Waals surface area contributed by atoms with Gasteiger partial charge in [-0.1, -0.05) is 23.8 Å². The number of hydrogen-bond acceptors (Lipinski definition) is 3. The first kappa shape index (κ1) is 19.0. The molecule has 146 valence electrons. The maximum atomic E-state index is 13.4. The van der Waals surface area contributed by atoms with Gasteiger partial charge in [0.25, 0.3) is 11.8 Å². The van der Waals surface area contributed by atoms with Crippen molar-refractivity contribution < 1.29 is 14.0 Å². The molecule has 28 heavy (non-hydrogen) atoms. The number of amides is 2. The normalized spacial score (nSPS) is 18.5. The molecule has 2 aromatic rings. The van der Waals surface area contributed by atoms with E-state index in [0.29, 0.717) is 18.7 Å². The Hall–Kier alpha value is -2.34. The number of halogens is 1. The van der Waals surface area contributed by atoms with Crippen LogP contribution in [0.4, 0.5) is 4.39 Å². The molecule has 2 saturated heterocycles. The second-order valence-electron chi connectivity index (χ2n) is 7.42. The van der Waals surface area contributed by atoms with Crippen molar-refractivity contribution in [3.8, 4) is 0 Å². The Morgan fingerprint density at radius 1 is 0.964 bits per heavy atom. The Balaban J connectivity index is 1.48. The van der Waals surface area contributed by atoms with Gasteiger partial charge in [0.2, 0.25) is 0 Å². The van der Waals surface area contributed by atoms with Gasteiger partial charge in [-0.25, -0.2) is 4.39 Å². The van der Waals surface area contributed by atoms with Gasteiger partial charge in [0, 0.05) is 36.5 Å². The lowest BCUT2D eigenvalue weighted by Gasteiger charge is -2.44. The van der Waals surface area contributed by atoms with Gasteiger partial charge < -0.3 is 9.80 Å². The topological polar surface area (TPSA) is 40.6 Å². The van der Waals surface area contributed by atoms with Gasteiger partial charge in [-0.05, 0) is 50.1 Å². The molecule has 0 N–H and O–H groups in total. The number of nitrogens with zero attached hydrogens (tertiary/aromatic N) is 2. The highest BCUT2D eigenvalue weighted by Crippen LogP contribution is 2.44. The summed E-state index contributed by atoms with van der Waals surface area (Å²) in [6.45, 7) is 3.86. The summed E-state index contributed by atoms with van der Waals surface area (Å²) in [6, 6.07) is 13.5. The van der Waals surface area contributed by atoms with Crippen molar-refractivity contribution in [3.63, 3.8) is 0 Å². The van der Waals surface area contributed by atoms with Crippen molar-refractivity contribution in [3.05, 3.63) is 71.0 Å². The van der Waals surface area contributed by atoms with E-state index in [4.69, 9.17) is 0 Å². The SMILES string of the molecule is Cc1cccc(C(=O)N2CCSC23CCN(C(=O)c2cccc(F)c2)CC3)c1. The molecule has 1 spiro atoms. The van der Waals surface area contributed by atoms with E-state index < -0.39 is 5.82 Å². The van der Waals surface area contributed by atoms with Crippen molar-refractivity contribution in [1.82, 2.24) is 9.80 Å². The fraction of sp³-hybridized carbons (Fsp3) is 0.364. The molecule has 0 radical (unpaired) electrons. The van der Waals surface area contributed by atoms with Gasteiger partial charge in [0.05, 0.1) is 4.87 Å². The third-order valence-electron chi connectivity index (χ3n) is 5.59. The van der Waals surface area contributed by atoms with Crippen molar-refractivity contribution in [2.75, 3.05) is 25.4 Å². The Morgan fingerprint density at radius 3 is 2.32 bits per heavy atom. The first-order valence-electron chi connectivity index (χ1n) is 9.56. The third-order valence-corrected chi connectivity index (χ3v) is 7.14. The molecule has 0 saturated carbocycles. The number of piperidine rings is 1. The minimum atomic E-state index is -0.402. The maximum Gasteiger partial charge on any atom is 0.255 e. The Bertz CT molecular complexity index is 909. The van der Waals surface area contributed by atoms with Gasteiger partial charge in [-0.2, -0.15) is 0 Å². The average Bonchev–Trinajstić information content (AvgIpc) is 3.10. The number of benzene rings is 2. The van der Waals surface area contributed by atoms with E-state index in [2.05, 4.69) is 0 Å². The average molecular weight is 399 g/mol. The molecule has 4 nitrogen and oxygen atoms in total.